The molecule has 0 amide bonds. The second-order valence-electron chi connectivity index (χ2n) is 4.40. The molecule has 0 aliphatic heterocycles. The first-order valence-corrected chi connectivity index (χ1v) is 6.39. The van der Waals surface area contributed by atoms with Crippen LogP contribution in [0.15, 0.2) is 24.3 Å². The summed E-state index contributed by atoms with van der Waals surface area (Å²) in [5, 5.41) is 0. The molecule has 108 valence electrons. The van der Waals surface area contributed by atoms with Crippen molar-refractivity contribution in [1.82, 2.24) is 0 Å². The van der Waals surface area contributed by atoms with Crippen molar-refractivity contribution in [2.75, 3.05) is 6.61 Å². The second kappa shape index (κ2) is 8.45. The number of hydrogen-bond acceptors (Lipinski definition) is 4. The summed E-state index contributed by atoms with van der Waals surface area (Å²) in [4.78, 5) is 22.6. The summed E-state index contributed by atoms with van der Waals surface area (Å²) < 4.78 is 10.1. The van der Waals surface area contributed by atoms with Gasteiger partial charge in [0.25, 0.3) is 0 Å². The fraction of sp³-hybridized carbons (Fsp3) is 0.294. The zero-order valence-corrected chi connectivity index (χ0v) is 11.8. The van der Waals surface area contributed by atoms with E-state index in [1.165, 1.54) is 31.2 Å². The lowest BCUT2D eigenvalue weighted by molar-refractivity contribution is -0.131. The Balaban J connectivity index is 2.57. The van der Waals surface area contributed by atoms with E-state index >= 15 is 0 Å². The summed E-state index contributed by atoms with van der Waals surface area (Å²) in [6.07, 6.45) is 11.4. The molecule has 0 heterocycles. The normalized spacial score (nSPS) is 9.52. The number of hydrogen-bond donors (Lipinski definition) is 0. The van der Waals surface area contributed by atoms with E-state index in [0.29, 0.717) is 24.2 Å². The fourth-order valence-electron chi connectivity index (χ4n) is 1.63. The third-order valence-corrected chi connectivity index (χ3v) is 2.61. The Morgan fingerprint density at radius 1 is 1.14 bits per heavy atom. The zero-order chi connectivity index (χ0) is 15.7. The molecule has 0 N–H and O–H groups in total. The lowest BCUT2D eigenvalue weighted by atomic mass is 10.0. The van der Waals surface area contributed by atoms with E-state index in [1.807, 2.05) is 0 Å². The molecule has 0 spiro atoms. The standard InChI is InChI=1S/C17H16O4/c1-4-6-14(7-5-2)12-20-17(19)15-8-10-16(11-9-15)21-13(3)18/h1-2,8-11,14H,6-7,12H2,3H3. The number of carbonyl (C=O) groups excluding carboxylic acids is 2. The second-order valence-corrected chi connectivity index (χ2v) is 4.40. The summed E-state index contributed by atoms with van der Waals surface area (Å²) in [5.41, 5.74) is 0.367. The van der Waals surface area contributed by atoms with Crippen molar-refractivity contribution in [2.45, 2.75) is 19.8 Å². The van der Waals surface area contributed by atoms with Crippen molar-refractivity contribution in [3.63, 3.8) is 0 Å². The number of esters is 2. The van der Waals surface area contributed by atoms with Crippen LogP contribution in [0, 0.1) is 30.6 Å². The van der Waals surface area contributed by atoms with E-state index in [9.17, 15) is 9.59 Å². The molecule has 1 rings (SSSR count). The zero-order valence-electron chi connectivity index (χ0n) is 11.8. The molecule has 0 aromatic heterocycles. The smallest absolute Gasteiger partial charge is 0.338 e. The maximum Gasteiger partial charge on any atom is 0.338 e. The molecule has 0 radical (unpaired) electrons. The summed E-state index contributed by atoms with van der Waals surface area (Å²) in [5.74, 6) is 4.46. The van der Waals surface area contributed by atoms with E-state index in [2.05, 4.69) is 11.8 Å². The molecule has 0 saturated heterocycles. The molecule has 0 aliphatic rings. The summed E-state index contributed by atoms with van der Waals surface area (Å²) in [6.45, 7) is 1.48. The molecule has 1 aromatic rings. The lowest BCUT2D eigenvalue weighted by Crippen LogP contribution is -2.14. The SMILES string of the molecule is C#CCC(CC#C)COC(=O)c1ccc(OC(C)=O)cc1. The number of benzene rings is 1. The van der Waals surface area contributed by atoms with Gasteiger partial charge in [-0.05, 0) is 24.3 Å². The molecule has 21 heavy (non-hydrogen) atoms. The van der Waals surface area contributed by atoms with E-state index in [1.54, 1.807) is 0 Å². The average molecular weight is 284 g/mol. The monoisotopic (exact) mass is 284 g/mol. The Morgan fingerprint density at radius 3 is 2.19 bits per heavy atom. The van der Waals surface area contributed by atoms with Crippen LogP contribution in [0.1, 0.15) is 30.1 Å². The van der Waals surface area contributed by atoms with Gasteiger partial charge in [-0.2, -0.15) is 0 Å². The third-order valence-electron chi connectivity index (χ3n) is 2.61. The molecule has 4 nitrogen and oxygen atoms in total. The van der Waals surface area contributed by atoms with Gasteiger partial charge in [0.05, 0.1) is 12.2 Å². The number of ether oxygens (including phenoxy) is 2. The van der Waals surface area contributed by atoms with Gasteiger partial charge in [-0.25, -0.2) is 4.79 Å². The van der Waals surface area contributed by atoms with Crippen LogP contribution >= 0.6 is 0 Å². The maximum absolute atomic E-state index is 11.9. The molecule has 0 saturated carbocycles. The molecule has 1 aromatic carbocycles. The molecular weight excluding hydrogens is 268 g/mol. The van der Waals surface area contributed by atoms with Gasteiger partial charge in [0.15, 0.2) is 0 Å². The average Bonchev–Trinajstić information content (AvgIpc) is 2.45. The van der Waals surface area contributed by atoms with Crippen LogP contribution in [0.2, 0.25) is 0 Å². The van der Waals surface area contributed by atoms with Crippen molar-refractivity contribution in [1.29, 1.82) is 0 Å². The van der Waals surface area contributed by atoms with Gasteiger partial charge in [-0.3, -0.25) is 4.79 Å². The first kappa shape index (κ1) is 16.3. The third kappa shape index (κ3) is 5.84. The Bertz CT molecular complexity index is 556. The lowest BCUT2D eigenvalue weighted by Gasteiger charge is -2.11. The van der Waals surface area contributed by atoms with E-state index < -0.39 is 11.9 Å². The van der Waals surface area contributed by atoms with Crippen molar-refractivity contribution in [3.8, 4) is 30.4 Å². The van der Waals surface area contributed by atoms with Crippen LogP contribution in [0.4, 0.5) is 0 Å². The highest BCUT2D eigenvalue weighted by molar-refractivity contribution is 5.89. The Kier molecular flexibility index (Phi) is 6.57. The minimum atomic E-state index is -0.469. The highest BCUT2D eigenvalue weighted by atomic mass is 16.5. The maximum atomic E-state index is 11.9. The Hall–Kier alpha value is -2.72. The number of rotatable bonds is 6. The van der Waals surface area contributed by atoms with Crippen molar-refractivity contribution in [2.24, 2.45) is 5.92 Å². The first-order valence-electron chi connectivity index (χ1n) is 6.39. The van der Waals surface area contributed by atoms with Crippen LogP contribution in [0.5, 0.6) is 5.75 Å². The summed E-state index contributed by atoms with van der Waals surface area (Å²) in [6, 6.07) is 6.10. The molecule has 0 aliphatic carbocycles. The summed E-state index contributed by atoms with van der Waals surface area (Å²) in [7, 11) is 0. The van der Waals surface area contributed by atoms with E-state index in [4.69, 9.17) is 22.3 Å². The predicted octanol–water partition coefficient (Wildman–Crippen LogP) is 2.43. The highest BCUT2D eigenvalue weighted by Crippen LogP contribution is 2.14. The predicted molar refractivity (Wildman–Crippen MR) is 78.4 cm³/mol. The van der Waals surface area contributed by atoms with Crippen LogP contribution < -0.4 is 4.74 Å². The highest BCUT2D eigenvalue weighted by Gasteiger charge is 2.12. The van der Waals surface area contributed by atoms with Crippen molar-refractivity contribution < 1.29 is 19.1 Å². The topological polar surface area (TPSA) is 52.6 Å². The summed E-state index contributed by atoms with van der Waals surface area (Å²) >= 11 is 0. The van der Waals surface area contributed by atoms with Gasteiger partial charge in [-0.1, -0.05) is 0 Å². The van der Waals surface area contributed by atoms with E-state index in [0.717, 1.165) is 0 Å². The van der Waals surface area contributed by atoms with Crippen molar-refractivity contribution >= 4 is 11.9 Å². The molecule has 0 fully saturated rings. The van der Waals surface area contributed by atoms with Crippen LogP contribution in [0.25, 0.3) is 0 Å². The Morgan fingerprint density at radius 2 is 1.71 bits per heavy atom. The minimum Gasteiger partial charge on any atom is -0.462 e. The number of terminal acetylenes is 2. The van der Waals surface area contributed by atoms with Gasteiger partial charge >= 0.3 is 11.9 Å². The van der Waals surface area contributed by atoms with Gasteiger partial charge in [0.1, 0.15) is 5.75 Å². The van der Waals surface area contributed by atoms with Gasteiger partial charge < -0.3 is 9.47 Å². The molecule has 0 bridgehead atoms. The van der Waals surface area contributed by atoms with Crippen LogP contribution in [0.3, 0.4) is 0 Å². The van der Waals surface area contributed by atoms with Crippen molar-refractivity contribution in [3.05, 3.63) is 29.8 Å². The van der Waals surface area contributed by atoms with E-state index in [-0.39, 0.29) is 12.5 Å². The Labute approximate surface area is 124 Å². The molecule has 0 unspecified atom stereocenters. The quantitative estimate of drug-likeness (QED) is 0.457. The first-order chi connectivity index (χ1) is 10.1. The van der Waals surface area contributed by atoms with Crippen LogP contribution in [-0.4, -0.2) is 18.5 Å². The van der Waals surface area contributed by atoms with Gasteiger partial charge in [0.2, 0.25) is 0 Å². The van der Waals surface area contributed by atoms with Gasteiger partial charge in [0, 0.05) is 25.7 Å². The minimum absolute atomic E-state index is 0.0377. The fourth-order valence-corrected chi connectivity index (χ4v) is 1.63. The number of carbonyl (C=O) groups is 2. The molecule has 4 heteroatoms. The van der Waals surface area contributed by atoms with Crippen LogP contribution in [-0.2, 0) is 9.53 Å². The largest absolute Gasteiger partial charge is 0.462 e. The molecular formula is C17H16O4. The molecule has 0 atom stereocenters. The van der Waals surface area contributed by atoms with Gasteiger partial charge in [-0.15, -0.1) is 24.7 Å².